The lowest BCUT2D eigenvalue weighted by molar-refractivity contribution is -0.137. The van der Waals surface area contributed by atoms with Crippen molar-refractivity contribution in [2.45, 2.75) is 6.42 Å². The van der Waals surface area contributed by atoms with Crippen molar-refractivity contribution in [3.8, 4) is 0 Å². The van der Waals surface area contributed by atoms with Crippen LogP contribution in [0.1, 0.15) is 5.56 Å². The molecule has 0 saturated carbocycles. The van der Waals surface area contributed by atoms with Gasteiger partial charge in [0.1, 0.15) is 5.82 Å². The van der Waals surface area contributed by atoms with Crippen molar-refractivity contribution >= 4 is 22.7 Å². The number of aromatic amines is 1. The summed E-state index contributed by atoms with van der Waals surface area (Å²) in [4.78, 5) is 28.0. The Balaban J connectivity index is 1.79. The molecule has 20 heavy (non-hydrogen) atoms. The van der Waals surface area contributed by atoms with Gasteiger partial charge in [0, 0.05) is 30.2 Å². The summed E-state index contributed by atoms with van der Waals surface area (Å²) in [5, 5.41) is 3.52. The highest BCUT2D eigenvalue weighted by Crippen LogP contribution is 2.20. The van der Waals surface area contributed by atoms with Crippen molar-refractivity contribution in [3.63, 3.8) is 0 Å². The van der Waals surface area contributed by atoms with Gasteiger partial charge in [-0.15, -0.1) is 0 Å². The SMILES string of the molecule is O=C1CN(C(=O)Cc2c[nH]c3cc(F)ccc23)CCN1. The molecule has 6 heteroatoms. The van der Waals surface area contributed by atoms with E-state index in [2.05, 4.69) is 10.3 Å². The number of amides is 2. The molecule has 1 saturated heterocycles. The van der Waals surface area contributed by atoms with Gasteiger partial charge in [-0.05, 0) is 23.8 Å². The molecule has 0 aliphatic carbocycles. The molecule has 2 heterocycles. The standard InChI is InChI=1S/C14H14FN3O2/c15-10-1-2-11-9(7-17-12(11)6-10)5-14(20)18-4-3-16-13(19)8-18/h1-2,6-7,17H,3-5,8H2,(H,16,19). The Hall–Kier alpha value is -2.37. The third kappa shape index (κ3) is 2.36. The second-order valence-corrected chi connectivity index (χ2v) is 4.85. The van der Waals surface area contributed by atoms with Gasteiger partial charge in [0.25, 0.3) is 0 Å². The van der Waals surface area contributed by atoms with Crippen LogP contribution in [0.3, 0.4) is 0 Å². The molecule has 1 aliphatic rings. The third-order valence-electron chi connectivity index (χ3n) is 3.46. The predicted molar refractivity (Wildman–Crippen MR) is 71.6 cm³/mol. The number of nitrogens with zero attached hydrogens (tertiary/aromatic N) is 1. The molecule has 0 atom stereocenters. The Morgan fingerprint density at radius 1 is 1.40 bits per heavy atom. The average Bonchev–Trinajstić information content (AvgIpc) is 2.81. The Labute approximate surface area is 114 Å². The summed E-state index contributed by atoms with van der Waals surface area (Å²) < 4.78 is 13.1. The maximum atomic E-state index is 13.1. The number of carbonyl (C=O) groups is 2. The second-order valence-electron chi connectivity index (χ2n) is 4.85. The van der Waals surface area contributed by atoms with Crippen molar-refractivity contribution in [2.24, 2.45) is 0 Å². The number of rotatable bonds is 2. The minimum Gasteiger partial charge on any atom is -0.361 e. The van der Waals surface area contributed by atoms with E-state index in [-0.39, 0.29) is 30.6 Å². The number of halogens is 1. The molecule has 1 aromatic heterocycles. The smallest absolute Gasteiger partial charge is 0.239 e. The van der Waals surface area contributed by atoms with E-state index in [0.29, 0.717) is 18.6 Å². The summed E-state index contributed by atoms with van der Waals surface area (Å²) in [6.45, 7) is 1.13. The number of nitrogens with one attached hydrogen (secondary N) is 2. The number of H-pyrrole nitrogens is 1. The van der Waals surface area contributed by atoms with Gasteiger partial charge in [-0.3, -0.25) is 9.59 Å². The van der Waals surface area contributed by atoms with Crippen LogP contribution in [0, 0.1) is 5.82 Å². The molecule has 0 unspecified atom stereocenters. The quantitative estimate of drug-likeness (QED) is 0.851. The maximum absolute atomic E-state index is 13.1. The number of hydrogen-bond donors (Lipinski definition) is 2. The average molecular weight is 275 g/mol. The topological polar surface area (TPSA) is 65.2 Å². The zero-order valence-corrected chi connectivity index (χ0v) is 10.8. The Morgan fingerprint density at radius 2 is 2.25 bits per heavy atom. The summed E-state index contributed by atoms with van der Waals surface area (Å²) in [6, 6.07) is 4.43. The van der Waals surface area contributed by atoms with E-state index in [4.69, 9.17) is 0 Å². The van der Waals surface area contributed by atoms with Gasteiger partial charge in [-0.2, -0.15) is 0 Å². The maximum Gasteiger partial charge on any atom is 0.239 e. The highest BCUT2D eigenvalue weighted by Gasteiger charge is 2.21. The highest BCUT2D eigenvalue weighted by atomic mass is 19.1. The Bertz CT molecular complexity index is 680. The third-order valence-corrected chi connectivity index (χ3v) is 3.46. The van der Waals surface area contributed by atoms with E-state index < -0.39 is 0 Å². The van der Waals surface area contributed by atoms with Crippen LogP contribution in [-0.2, 0) is 16.0 Å². The van der Waals surface area contributed by atoms with Crippen LogP contribution in [0.5, 0.6) is 0 Å². The molecular weight excluding hydrogens is 261 g/mol. The first-order chi connectivity index (χ1) is 9.63. The van der Waals surface area contributed by atoms with E-state index in [0.717, 1.165) is 10.9 Å². The molecule has 0 bridgehead atoms. The van der Waals surface area contributed by atoms with Gasteiger partial charge in [-0.1, -0.05) is 0 Å². The summed E-state index contributed by atoms with van der Waals surface area (Å²) in [5.74, 6) is -0.541. The van der Waals surface area contributed by atoms with Crippen LogP contribution in [0.25, 0.3) is 10.9 Å². The van der Waals surface area contributed by atoms with Gasteiger partial charge in [-0.25, -0.2) is 4.39 Å². The summed E-state index contributed by atoms with van der Waals surface area (Å²) in [6.07, 6.45) is 1.92. The summed E-state index contributed by atoms with van der Waals surface area (Å²) in [7, 11) is 0. The van der Waals surface area contributed by atoms with Crippen LogP contribution < -0.4 is 5.32 Å². The van der Waals surface area contributed by atoms with Crippen LogP contribution in [0.2, 0.25) is 0 Å². The van der Waals surface area contributed by atoms with Gasteiger partial charge in [0.2, 0.25) is 11.8 Å². The van der Waals surface area contributed by atoms with E-state index in [1.54, 1.807) is 17.2 Å². The first kappa shape index (κ1) is 12.7. The lowest BCUT2D eigenvalue weighted by Crippen LogP contribution is -2.50. The summed E-state index contributed by atoms with van der Waals surface area (Å²) >= 11 is 0. The zero-order chi connectivity index (χ0) is 14.1. The zero-order valence-electron chi connectivity index (χ0n) is 10.8. The molecule has 2 amide bonds. The van der Waals surface area contributed by atoms with Crippen molar-refractivity contribution < 1.29 is 14.0 Å². The van der Waals surface area contributed by atoms with E-state index in [1.165, 1.54) is 12.1 Å². The van der Waals surface area contributed by atoms with E-state index >= 15 is 0 Å². The van der Waals surface area contributed by atoms with Gasteiger partial charge < -0.3 is 15.2 Å². The number of aromatic nitrogens is 1. The van der Waals surface area contributed by atoms with Gasteiger partial charge >= 0.3 is 0 Å². The molecule has 0 spiro atoms. The lowest BCUT2D eigenvalue weighted by Gasteiger charge is -2.26. The van der Waals surface area contributed by atoms with Crippen LogP contribution in [-0.4, -0.2) is 41.3 Å². The monoisotopic (exact) mass is 275 g/mol. The molecule has 1 aromatic carbocycles. The second kappa shape index (κ2) is 4.96. The highest BCUT2D eigenvalue weighted by molar-refractivity contribution is 5.91. The largest absolute Gasteiger partial charge is 0.361 e. The minimum absolute atomic E-state index is 0.0925. The number of fused-ring (bicyclic) bond motifs is 1. The summed E-state index contributed by atoms with van der Waals surface area (Å²) in [5.41, 5.74) is 1.49. The first-order valence-corrected chi connectivity index (χ1v) is 6.43. The molecule has 0 radical (unpaired) electrons. The molecular formula is C14H14FN3O2. The molecule has 1 aliphatic heterocycles. The van der Waals surface area contributed by atoms with Gasteiger partial charge in [0.05, 0.1) is 13.0 Å². The normalized spacial score (nSPS) is 15.4. The molecule has 3 rings (SSSR count). The first-order valence-electron chi connectivity index (χ1n) is 6.43. The van der Waals surface area contributed by atoms with Crippen LogP contribution in [0.15, 0.2) is 24.4 Å². The fourth-order valence-corrected chi connectivity index (χ4v) is 2.43. The number of piperazine rings is 1. The molecule has 2 aromatic rings. The Morgan fingerprint density at radius 3 is 3.05 bits per heavy atom. The fourth-order valence-electron chi connectivity index (χ4n) is 2.43. The molecule has 5 nitrogen and oxygen atoms in total. The number of hydrogen-bond acceptors (Lipinski definition) is 2. The van der Waals surface area contributed by atoms with Crippen LogP contribution >= 0.6 is 0 Å². The fraction of sp³-hybridized carbons (Fsp3) is 0.286. The van der Waals surface area contributed by atoms with Crippen LogP contribution in [0.4, 0.5) is 4.39 Å². The number of carbonyl (C=O) groups excluding carboxylic acids is 2. The molecule has 1 fully saturated rings. The molecule has 104 valence electrons. The Kier molecular flexibility index (Phi) is 3.14. The minimum atomic E-state index is -0.315. The van der Waals surface area contributed by atoms with Crippen molar-refractivity contribution in [1.82, 2.24) is 15.2 Å². The van der Waals surface area contributed by atoms with Crippen molar-refractivity contribution in [3.05, 3.63) is 35.8 Å². The molecule has 2 N–H and O–H groups in total. The van der Waals surface area contributed by atoms with Crippen molar-refractivity contribution in [2.75, 3.05) is 19.6 Å². The van der Waals surface area contributed by atoms with Crippen molar-refractivity contribution in [1.29, 1.82) is 0 Å². The van der Waals surface area contributed by atoms with E-state index in [1.807, 2.05) is 0 Å². The lowest BCUT2D eigenvalue weighted by atomic mass is 10.1. The van der Waals surface area contributed by atoms with Gasteiger partial charge in [0.15, 0.2) is 0 Å². The van der Waals surface area contributed by atoms with E-state index in [9.17, 15) is 14.0 Å². The number of benzene rings is 1. The predicted octanol–water partition coefficient (Wildman–Crippen LogP) is 0.808.